The minimum absolute atomic E-state index is 0.0123. The van der Waals surface area contributed by atoms with Gasteiger partial charge in [-0.3, -0.25) is 4.79 Å². The molecule has 1 aromatic heterocycles. The molecule has 0 radical (unpaired) electrons. The number of hydrogen-bond donors (Lipinski definition) is 2. The summed E-state index contributed by atoms with van der Waals surface area (Å²) in [6.45, 7) is 1.64. The van der Waals surface area contributed by atoms with E-state index >= 15 is 0 Å². The predicted molar refractivity (Wildman–Crippen MR) is 81.9 cm³/mol. The topological polar surface area (TPSA) is 71.5 Å². The molecule has 110 valence electrons. The van der Waals surface area contributed by atoms with Crippen molar-refractivity contribution in [1.29, 1.82) is 0 Å². The standard InChI is InChI=1S/C16H19N3O2/c17-14-6-1-7-15-13(14)5-2-8-19(15)11-16(20)18-10-12-4-3-9-21-12/h1,3-4,6-7,9H,2,5,8,10-11,17H2,(H,18,20). The lowest BCUT2D eigenvalue weighted by atomic mass is 10.00. The van der Waals surface area contributed by atoms with Crippen LogP contribution < -0.4 is 16.0 Å². The average Bonchev–Trinajstić information content (AvgIpc) is 3.00. The van der Waals surface area contributed by atoms with Gasteiger partial charge in [0.05, 0.1) is 19.4 Å². The van der Waals surface area contributed by atoms with Gasteiger partial charge in [0, 0.05) is 17.9 Å². The van der Waals surface area contributed by atoms with Crippen molar-refractivity contribution in [3.63, 3.8) is 0 Å². The molecule has 0 aliphatic carbocycles. The molecule has 0 spiro atoms. The Balaban J connectivity index is 1.63. The van der Waals surface area contributed by atoms with Crippen LogP contribution in [0.1, 0.15) is 17.7 Å². The summed E-state index contributed by atoms with van der Waals surface area (Å²) in [5.41, 5.74) is 9.06. The number of nitrogens with zero attached hydrogens (tertiary/aromatic N) is 1. The van der Waals surface area contributed by atoms with Crippen molar-refractivity contribution >= 4 is 17.3 Å². The maximum atomic E-state index is 12.1. The molecule has 0 bridgehead atoms. The Morgan fingerprint density at radius 2 is 2.24 bits per heavy atom. The van der Waals surface area contributed by atoms with E-state index in [4.69, 9.17) is 10.2 Å². The Morgan fingerprint density at radius 3 is 3.05 bits per heavy atom. The van der Waals surface area contributed by atoms with Gasteiger partial charge in [0.1, 0.15) is 5.76 Å². The summed E-state index contributed by atoms with van der Waals surface area (Å²) < 4.78 is 5.20. The highest BCUT2D eigenvalue weighted by atomic mass is 16.3. The molecule has 5 heteroatoms. The van der Waals surface area contributed by atoms with Gasteiger partial charge in [0.15, 0.2) is 0 Å². The second-order valence-corrected chi connectivity index (χ2v) is 5.23. The van der Waals surface area contributed by atoms with Gasteiger partial charge in [-0.2, -0.15) is 0 Å². The van der Waals surface area contributed by atoms with Gasteiger partial charge in [0.25, 0.3) is 0 Å². The monoisotopic (exact) mass is 285 g/mol. The normalized spacial score (nSPS) is 13.8. The third-order valence-electron chi connectivity index (χ3n) is 3.76. The van der Waals surface area contributed by atoms with Gasteiger partial charge in [-0.05, 0) is 42.7 Å². The van der Waals surface area contributed by atoms with Crippen LogP contribution in [0.4, 0.5) is 11.4 Å². The minimum atomic E-state index is -0.0123. The lowest BCUT2D eigenvalue weighted by molar-refractivity contribution is -0.120. The fraction of sp³-hybridized carbons (Fsp3) is 0.312. The maximum absolute atomic E-state index is 12.1. The van der Waals surface area contributed by atoms with Gasteiger partial charge in [-0.25, -0.2) is 0 Å². The van der Waals surface area contributed by atoms with E-state index in [0.717, 1.165) is 42.1 Å². The first-order valence-electron chi connectivity index (χ1n) is 7.15. The molecule has 0 atom stereocenters. The largest absolute Gasteiger partial charge is 0.467 e. The lowest BCUT2D eigenvalue weighted by Crippen LogP contribution is -2.39. The van der Waals surface area contributed by atoms with Crippen molar-refractivity contribution in [2.24, 2.45) is 0 Å². The highest BCUT2D eigenvalue weighted by Gasteiger charge is 2.20. The lowest BCUT2D eigenvalue weighted by Gasteiger charge is -2.31. The van der Waals surface area contributed by atoms with E-state index in [9.17, 15) is 4.79 Å². The number of anilines is 2. The number of fused-ring (bicyclic) bond motifs is 1. The third-order valence-corrected chi connectivity index (χ3v) is 3.76. The van der Waals surface area contributed by atoms with E-state index in [0.29, 0.717) is 13.1 Å². The second kappa shape index (κ2) is 5.91. The summed E-state index contributed by atoms with van der Waals surface area (Å²) in [5.74, 6) is 0.744. The summed E-state index contributed by atoms with van der Waals surface area (Å²) >= 11 is 0. The van der Waals surface area contributed by atoms with Crippen LogP contribution in [-0.4, -0.2) is 19.0 Å². The number of nitrogen functional groups attached to an aromatic ring is 1. The molecule has 0 fully saturated rings. The van der Waals surface area contributed by atoms with Crippen LogP contribution in [-0.2, 0) is 17.8 Å². The zero-order valence-corrected chi connectivity index (χ0v) is 11.8. The molecule has 5 nitrogen and oxygen atoms in total. The second-order valence-electron chi connectivity index (χ2n) is 5.23. The first kappa shape index (κ1) is 13.5. The van der Waals surface area contributed by atoms with E-state index in [1.54, 1.807) is 6.26 Å². The molecule has 1 aliphatic rings. The molecule has 2 aromatic rings. The van der Waals surface area contributed by atoms with Gasteiger partial charge >= 0.3 is 0 Å². The van der Waals surface area contributed by atoms with Crippen LogP contribution in [0.2, 0.25) is 0 Å². The van der Waals surface area contributed by atoms with Crippen molar-refractivity contribution in [2.75, 3.05) is 23.7 Å². The summed E-state index contributed by atoms with van der Waals surface area (Å²) in [4.78, 5) is 14.2. The fourth-order valence-corrected chi connectivity index (χ4v) is 2.72. The summed E-state index contributed by atoms with van der Waals surface area (Å²) in [6.07, 6.45) is 3.60. The smallest absolute Gasteiger partial charge is 0.239 e. The van der Waals surface area contributed by atoms with Crippen molar-refractivity contribution in [3.05, 3.63) is 47.9 Å². The van der Waals surface area contributed by atoms with Crippen molar-refractivity contribution in [2.45, 2.75) is 19.4 Å². The van der Waals surface area contributed by atoms with Crippen LogP contribution in [0.15, 0.2) is 41.0 Å². The first-order chi connectivity index (χ1) is 10.2. The molecule has 3 N–H and O–H groups in total. The number of rotatable bonds is 4. The van der Waals surface area contributed by atoms with Crippen LogP contribution >= 0.6 is 0 Å². The van der Waals surface area contributed by atoms with E-state index in [1.165, 1.54) is 0 Å². The molecule has 1 aliphatic heterocycles. The maximum Gasteiger partial charge on any atom is 0.239 e. The van der Waals surface area contributed by atoms with Crippen molar-refractivity contribution in [3.8, 4) is 0 Å². The minimum Gasteiger partial charge on any atom is -0.467 e. The molecule has 2 heterocycles. The first-order valence-corrected chi connectivity index (χ1v) is 7.15. The van der Waals surface area contributed by atoms with E-state index < -0.39 is 0 Å². The van der Waals surface area contributed by atoms with E-state index in [2.05, 4.69) is 10.2 Å². The number of carbonyl (C=O) groups excluding carboxylic acids is 1. The van der Waals surface area contributed by atoms with E-state index in [1.807, 2.05) is 30.3 Å². The van der Waals surface area contributed by atoms with Gasteiger partial charge < -0.3 is 20.4 Å². The van der Waals surface area contributed by atoms with Crippen LogP contribution in [0.25, 0.3) is 0 Å². The number of carbonyl (C=O) groups is 1. The van der Waals surface area contributed by atoms with Crippen LogP contribution in [0, 0.1) is 0 Å². The Kier molecular flexibility index (Phi) is 3.81. The highest BCUT2D eigenvalue weighted by molar-refractivity contribution is 5.82. The summed E-state index contributed by atoms with van der Waals surface area (Å²) in [7, 11) is 0. The Hall–Kier alpha value is -2.43. The molecule has 3 rings (SSSR count). The fourth-order valence-electron chi connectivity index (χ4n) is 2.72. The van der Waals surface area contributed by atoms with Crippen LogP contribution in [0.5, 0.6) is 0 Å². The van der Waals surface area contributed by atoms with Crippen molar-refractivity contribution in [1.82, 2.24) is 5.32 Å². The van der Waals surface area contributed by atoms with Crippen LogP contribution in [0.3, 0.4) is 0 Å². The number of amides is 1. The highest BCUT2D eigenvalue weighted by Crippen LogP contribution is 2.30. The van der Waals surface area contributed by atoms with Gasteiger partial charge in [-0.1, -0.05) is 6.07 Å². The number of benzene rings is 1. The number of nitrogens with two attached hydrogens (primary N) is 1. The zero-order chi connectivity index (χ0) is 14.7. The molecule has 1 amide bonds. The molecule has 1 aromatic carbocycles. The Bertz CT molecular complexity index is 622. The van der Waals surface area contributed by atoms with Crippen molar-refractivity contribution < 1.29 is 9.21 Å². The third kappa shape index (κ3) is 3.02. The summed E-state index contributed by atoms with van der Waals surface area (Å²) in [5, 5.41) is 2.87. The predicted octanol–water partition coefficient (Wildman–Crippen LogP) is 1.93. The average molecular weight is 285 g/mol. The van der Waals surface area contributed by atoms with Gasteiger partial charge in [0.2, 0.25) is 5.91 Å². The molecular weight excluding hydrogens is 266 g/mol. The number of furan rings is 1. The van der Waals surface area contributed by atoms with Gasteiger partial charge in [-0.15, -0.1) is 0 Å². The zero-order valence-electron chi connectivity index (χ0n) is 11.8. The quantitative estimate of drug-likeness (QED) is 0.842. The van der Waals surface area contributed by atoms with E-state index in [-0.39, 0.29) is 5.91 Å². The molecule has 0 saturated heterocycles. The molecular formula is C16H19N3O2. The molecule has 0 saturated carbocycles. The summed E-state index contributed by atoms with van der Waals surface area (Å²) in [6, 6.07) is 9.54. The Labute approximate surface area is 123 Å². The molecule has 0 unspecified atom stereocenters. The Morgan fingerprint density at radius 1 is 1.33 bits per heavy atom. The number of nitrogens with one attached hydrogen (secondary N) is 1. The SMILES string of the molecule is Nc1cccc2c1CCCN2CC(=O)NCc1ccco1. The molecule has 21 heavy (non-hydrogen) atoms. The number of hydrogen-bond acceptors (Lipinski definition) is 4.